The first-order valence-corrected chi connectivity index (χ1v) is 7.78. The van der Waals surface area contributed by atoms with Gasteiger partial charge < -0.3 is 14.7 Å². The first-order chi connectivity index (χ1) is 9.60. The molecule has 112 valence electrons. The van der Waals surface area contributed by atoms with Crippen LogP contribution in [0, 0.1) is 5.92 Å². The van der Waals surface area contributed by atoms with Crippen molar-refractivity contribution in [1.82, 2.24) is 4.90 Å². The monoisotopic (exact) mass is 317 g/mol. The molecule has 2 atom stereocenters. The second-order valence-corrected chi connectivity index (χ2v) is 6.10. The quantitative estimate of drug-likeness (QED) is 0.873. The van der Waals surface area contributed by atoms with Crippen LogP contribution in [0.1, 0.15) is 25.0 Å². The van der Waals surface area contributed by atoms with Crippen LogP contribution < -0.4 is 0 Å². The number of aliphatic hydroxyl groups excluding tert-OH is 1. The van der Waals surface area contributed by atoms with E-state index in [-0.39, 0.29) is 0 Å². The topological polar surface area (TPSA) is 32.7 Å². The predicted molar refractivity (Wildman–Crippen MR) is 82.5 cm³/mol. The average molecular weight is 318 g/mol. The summed E-state index contributed by atoms with van der Waals surface area (Å²) in [5.41, 5.74) is 0.740. The third kappa shape index (κ3) is 4.34. The molecule has 1 aliphatic heterocycles. The van der Waals surface area contributed by atoms with Crippen molar-refractivity contribution in [3.63, 3.8) is 0 Å². The van der Waals surface area contributed by atoms with Crippen LogP contribution in [0.5, 0.6) is 0 Å². The zero-order valence-electron chi connectivity index (χ0n) is 11.7. The highest BCUT2D eigenvalue weighted by Crippen LogP contribution is 2.28. The summed E-state index contributed by atoms with van der Waals surface area (Å²) < 4.78 is 5.46. The lowest BCUT2D eigenvalue weighted by Crippen LogP contribution is -2.27. The number of rotatable bonds is 6. The number of nitrogens with zero attached hydrogens (tertiary/aromatic N) is 1. The van der Waals surface area contributed by atoms with E-state index in [1.54, 1.807) is 18.2 Å². The van der Waals surface area contributed by atoms with E-state index in [1.165, 1.54) is 0 Å². The molecule has 0 bridgehead atoms. The van der Waals surface area contributed by atoms with Crippen molar-refractivity contribution in [1.29, 1.82) is 0 Å². The number of ether oxygens (including phenoxy) is 1. The predicted octanol–water partition coefficient (Wildman–Crippen LogP) is 3.39. The van der Waals surface area contributed by atoms with Gasteiger partial charge in [-0.05, 0) is 37.9 Å². The Hall–Kier alpha value is -0.320. The molecule has 3 nitrogen and oxygen atoms in total. The minimum atomic E-state index is -0.578. The van der Waals surface area contributed by atoms with Crippen molar-refractivity contribution in [3.05, 3.63) is 33.8 Å². The Morgan fingerprint density at radius 1 is 1.45 bits per heavy atom. The molecule has 0 radical (unpaired) electrons. The molecular formula is C15H21Cl2NO2. The Balaban J connectivity index is 1.87. The molecule has 0 aromatic heterocycles. The fourth-order valence-corrected chi connectivity index (χ4v) is 3.15. The molecule has 1 heterocycles. The van der Waals surface area contributed by atoms with Gasteiger partial charge in [0.2, 0.25) is 0 Å². The highest BCUT2D eigenvalue weighted by atomic mass is 35.5. The smallest absolute Gasteiger partial charge is 0.0931 e. The van der Waals surface area contributed by atoms with Crippen molar-refractivity contribution in [3.8, 4) is 0 Å². The standard InChI is InChI=1S/C15H21Cl2NO2/c1-2-20-10-11-5-6-18(8-11)9-15(19)13-4-3-12(16)7-14(13)17/h3-4,7,11,15,19H,2,5-6,8-10H2,1H3. The Morgan fingerprint density at radius 3 is 2.95 bits per heavy atom. The molecule has 5 heteroatoms. The number of benzene rings is 1. The number of β-amino-alcohol motifs (C(OH)–C–C–N with tert-alkyl or cyclic N) is 1. The van der Waals surface area contributed by atoms with E-state index in [4.69, 9.17) is 27.9 Å². The first-order valence-electron chi connectivity index (χ1n) is 7.03. The number of aliphatic hydroxyl groups is 1. The summed E-state index contributed by atoms with van der Waals surface area (Å²) in [5.74, 6) is 0.572. The summed E-state index contributed by atoms with van der Waals surface area (Å²) in [6.45, 7) is 6.16. The maximum atomic E-state index is 10.3. The van der Waals surface area contributed by atoms with Crippen LogP contribution >= 0.6 is 23.2 Å². The summed E-state index contributed by atoms with van der Waals surface area (Å²) >= 11 is 12.0. The van der Waals surface area contributed by atoms with Gasteiger partial charge in [-0.1, -0.05) is 29.3 Å². The summed E-state index contributed by atoms with van der Waals surface area (Å²) in [7, 11) is 0. The number of halogens is 2. The van der Waals surface area contributed by atoms with E-state index in [1.807, 2.05) is 6.92 Å². The third-order valence-electron chi connectivity index (χ3n) is 3.68. The van der Waals surface area contributed by atoms with Crippen molar-refractivity contribution in [2.45, 2.75) is 19.4 Å². The molecule has 0 spiro atoms. The van der Waals surface area contributed by atoms with Gasteiger partial charge in [0.05, 0.1) is 12.7 Å². The van der Waals surface area contributed by atoms with Crippen LogP contribution in [0.25, 0.3) is 0 Å². The second-order valence-electron chi connectivity index (χ2n) is 5.26. The summed E-state index contributed by atoms with van der Waals surface area (Å²) in [4.78, 5) is 2.26. The lowest BCUT2D eigenvalue weighted by molar-refractivity contribution is 0.100. The molecule has 20 heavy (non-hydrogen) atoms. The van der Waals surface area contributed by atoms with E-state index >= 15 is 0 Å². The molecule has 1 aromatic carbocycles. The van der Waals surface area contributed by atoms with Gasteiger partial charge >= 0.3 is 0 Å². The molecule has 0 amide bonds. The fraction of sp³-hybridized carbons (Fsp3) is 0.600. The molecule has 2 unspecified atom stereocenters. The van der Waals surface area contributed by atoms with Gasteiger partial charge in [0, 0.05) is 35.3 Å². The summed E-state index contributed by atoms with van der Waals surface area (Å²) in [5, 5.41) is 11.4. The Morgan fingerprint density at radius 2 is 2.25 bits per heavy atom. The molecule has 1 N–H and O–H groups in total. The maximum absolute atomic E-state index is 10.3. The minimum Gasteiger partial charge on any atom is -0.387 e. The van der Waals surface area contributed by atoms with E-state index < -0.39 is 6.10 Å². The SMILES string of the molecule is CCOCC1CCN(CC(O)c2ccc(Cl)cc2Cl)C1. The minimum absolute atomic E-state index is 0.523. The van der Waals surface area contributed by atoms with E-state index in [2.05, 4.69) is 4.90 Å². The number of hydrogen-bond donors (Lipinski definition) is 1. The maximum Gasteiger partial charge on any atom is 0.0931 e. The molecule has 0 saturated carbocycles. The van der Waals surface area contributed by atoms with Gasteiger partial charge in [-0.2, -0.15) is 0 Å². The van der Waals surface area contributed by atoms with Crippen LogP contribution in [0.2, 0.25) is 10.0 Å². The largest absolute Gasteiger partial charge is 0.387 e. The summed E-state index contributed by atoms with van der Waals surface area (Å²) in [6, 6.07) is 5.22. The van der Waals surface area contributed by atoms with E-state index in [0.29, 0.717) is 22.5 Å². The van der Waals surface area contributed by atoms with Crippen molar-refractivity contribution in [2.24, 2.45) is 5.92 Å². The Labute approximate surface area is 130 Å². The molecule has 1 aliphatic rings. The molecule has 1 aromatic rings. The second kappa shape index (κ2) is 7.62. The average Bonchev–Trinajstić information content (AvgIpc) is 2.83. The van der Waals surface area contributed by atoms with Crippen LogP contribution in [0.4, 0.5) is 0 Å². The van der Waals surface area contributed by atoms with E-state index in [9.17, 15) is 5.11 Å². The molecular weight excluding hydrogens is 297 g/mol. The van der Waals surface area contributed by atoms with Crippen molar-refractivity contribution >= 4 is 23.2 Å². The summed E-state index contributed by atoms with van der Waals surface area (Å²) in [6.07, 6.45) is 0.548. The molecule has 1 saturated heterocycles. The fourth-order valence-electron chi connectivity index (χ4n) is 2.61. The van der Waals surface area contributed by atoms with E-state index in [0.717, 1.165) is 38.3 Å². The van der Waals surface area contributed by atoms with Gasteiger partial charge in [0.15, 0.2) is 0 Å². The van der Waals surface area contributed by atoms with Gasteiger partial charge in [-0.15, -0.1) is 0 Å². The Bertz CT molecular complexity index is 442. The van der Waals surface area contributed by atoms with Gasteiger partial charge in [-0.3, -0.25) is 0 Å². The van der Waals surface area contributed by atoms with Gasteiger partial charge in [0.25, 0.3) is 0 Å². The first kappa shape index (κ1) is 16.1. The highest BCUT2D eigenvalue weighted by molar-refractivity contribution is 6.35. The lowest BCUT2D eigenvalue weighted by atomic mass is 10.1. The zero-order chi connectivity index (χ0) is 14.5. The van der Waals surface area contributed by atoms with Crippen LogP contribution in [0.3, 0.4) is 0 Å². The van der Waals surface area contributed by atoms with Gasteiger partial charge in [0.1, 0.15) is 0 Å². The van der Waals surface area contributed by atoms with Crippen molar-refractivity contribution < 1.29 is 9.84 Å². The molecule has 2 rings (SSSR count). The number of hydrogen-bond acceptors (Lipinski definition) is 3. The van der Waals surface area contributed by atoms with Crippen molar-refractivity contribution in [2.75, 3.05) is 32.8 Å². The Kier molecular flexibility index (Phi) is 6.12. The number of likely N-dealkylation sites (tertiary alicyclic amines) is 1. The zero-order valence-corrected chi connectivity index (χ0v) is 13.2. The molecule has 1 fully saturated rings. The highest BCUT2D eigenvalue weighted by Gasteiger charge is 2.25. The van der Waals surface area contributed by atoms with Crippen LogP contribution in [-0.2, 0) is 4.74 Å². The van der Waals surface area contributed by atoms with Gasteiger partial charge in [-0.25, -0.2) is 0 Å². The lowest BCUT2D eigenvalue weighted by Gasteiger charge is -2.21. The van der Waals surface area contributed by atoms with Crippen LogP contribution in [0.15, 0.2) is 18.2 Å². The normalized spacial score (nSPS) is 21.3. The van der Waals surface area contributed by atoms with Crippen LogP contribution in [-0.4, -0.2) is 42.9 Å². The third-order valence-corrected chi connectivity index (χ3v) is 4.24. The molecule has 0 aliphatic carbocycles.